The molecular weight excluding hydrogens is 200 g/mol. The number of anilines is 2. The first-order valence-electron chi connectivity index (χ1n) is 5.71. The van der Waals surface area contributed by atoms with Gasteiger partial charge in [-0.1, -0.05) is 12.1 Å². The van der Waals surface area contributed by atoms with E-state index in [0.29, 0.717) is 13.1 Å². The predicted molar refractivity (Wildman–Crippen MR) is 66.7 cm³/mol. The number of hydrogen-bond donors (Lipinski definition) is 1. The van der Waals surface area contributed by atoms with E-state index in [2.05, 4.69) is 5.32 Å². The fourth-order valence-electron chi connectivity index (χ4n) is 2.04. The third-order valence-corrected chi connectivity index (χ3v) is 3.06. The first kappa shape index (κ1) is 11.0. The summed E-state index contributed by atoms with van der Waals surface area (Å²) in [5, 5.41) is 3.35. The zero-order valence-corrected chi connectivity index (χ0v) is 10.1. The van der Waals surface area contributed by atoms with Crippen molar-refractivity contribution in [2.24, 2.45) is 5.41 Å². The van der Waals surface area contributed by atoms with E-state index < -0.39 is 0 Å². The fourth-order valence-corrected chi connectivity index (χ4v) is 2.04. The van der Waals surface area contributed by atoms with Crippen molar-refractivity contribution in [1.29, 1.82) is 0 Å². The smallest absolute Gasteiger partial charge is 0.234 e. The molecule has 0 spiro atoms. The van der Waals surface area contributed by atoms with E-state index in [1.54, 1.807) is 0 Å². The number of fused-ring (bicyclic) bond motifs is 1. The van der Waals surface area contributed by atoms with Gasteiger partial charge in [0.15, 0.2) is 0 Å². The molecule has 1 N–H and O–H groups in total. The Kier molecular flexibility index (Phi) is 2.62. The second-order valence-electron chi connectivity index (χ2n) is 4.80. The number of nitrogens with zero attached hydrogens (tertiary/aromatic N) is 1. The molecular formula is C13H18N2O. The van der Waals surface area contributed by atoms with Crippen molar-refractivity contribution in [2.75, 3.05) is 23.3 Å². The van der Waals surface area contributed by atoms with E-state index in [4.69, 9.17) is 0 Å². The summed E-state index contributed by atoms with van der Waals surface area (Å²) in [6.45, 7) is 7.37. The maximum Gasteiger partial charge on any atom is 0.234 e. The average Bonchev–Trinajstić information content (AvgIpc) is 2.37. The molecule has 3 nitrogen and oxygen atoms in total. The van der Waals surface area contributed by atoms with Crippen LogP contribution in [0, 0.1) is 5.41 Å². The summed E-state index contributed by atoms with van der Waals surface area (Å²) in [4.78, 5) is 14.2. The van der Waals surface area contributed by atoms with E-state index >= 15 is 0 Å². The zero-order valence-electron chi connectivity index (χ0n) is 10.1. The van der Waals surface area contributed by atoms with Crippen LogP contribution in [-0.4, -0.2) is 19.0 Å². The number of benzene rings is 1. The van der Waals surface area contributed by atoms with Crippen LogP contribution in [0.4, 0.5) is 11.4 Å². The van der Waals surface area contributed by atoms with Gasteiger partial charge in [-0.25, -0.2) is 0 Å². The van der Waals surface area contributed by atoms with Crippen molar-refractivity contribution in [3.05, 3.63) is 24.3 Å². The number of nitrogens with one attached hydrogen (secondary N) is 1. The van der Waals surface area contributed by atoms with E-state index in [0.717, 1.165) is 11.4 Å². The van der Waals surface area contributed by atoms with Crippen molar-refractivity contribution >= 4 is 17.3 Å². The Morgan fingerprint density at radius 1 is 1.38 bits per heavy atom. The molecule has 16 heavy (non-hydrogen) atoms. The molecule has 0 unspecified atom stereocenters. The Morgan fingerprint density at radius 3 is 2.75 bits per heavy atom. The van der Waals surface area contributed by atoms with Crippen molar-refractivity contribution in [3.8, 4) is 0 Å². The highest BCUT2D eigenvalue weighted by Gasteiger charge is 2.35. The van der Waals surface area contributed by atoms with Gasteiger partial charge < -0.3 is 10.2 Å². The Hall–Kier alpha value is -1.51. The molecule has 1 heterocycles. The van der Waals surface area contributed by atoms with Gasteiger partial charge in [0.1, 0.15) is 0 Å². The van der Waals surface area contributed by atoms with Crippen LogP contribution < -0.4 is 10.2 Å². The SMILES string of the molecule is CCN1C(=O)C(C)(C)CNc2ccccc21. The number of para-hydroxylation sites is 2. The van der Waals surface area contributed by atoms with Crippen LogP contribution in [-0.2, 0) is 4.79 Å². The van der Waals surface area contributed by atoms with Gasteiger partial charge in [0.2, 0.25) is 5.91 Å². The van der Waals surface area contributed by atoms with Crippen LogP contribution in [0.3, 0.4) is 0 Å². The first-order chi connectivity index (χ1) is 7.56. The number of rotatable bonds is 1. The van der Waals surface area contributed by atoms with E-state index in [9.17, 15) is 4.79 Å². The van der Waals surface area contributed by atoms with Crippen molar-refractivity contribution in [3.63, 3.8) is 0 Å². The number of hydrogen-bond acceptors (Lipinski definition) is 2. The third-order valence-electron chi connectivity index (χ3n) is 3.06. The van der Waals surface area contributed by atoms with Crippen molar-refractivity contribution in [2.45, 2.75) is 20.8 Å². The largest absolute Gasteiger partial charge is 0.382 e. The highest BCUT2D eigenvalue weighted by atomic mass is 16.2. The summed E-state index contributed by atoms with van der Waals surface area (Å²) in [5.41, 5.74) is 1.68. The van der Waals surface area contributed by atoms with Crippen LogP contribution in [0.2, 0.25) is 0 Å². The molecule has 0 radical (unpaired) electrons. The molecule has 0 aliphatic carbocycles. The molecule has 1 aromatic rings. The average molecular weight is 218 g/mol. The zero-order chi connectivity index (χ0) is 11.8. The van der Waals surface area contributed by atoms with E-state index in [-0.39, 0.29) is 11.3 Å². The Balaban J connectivity index is 2.50. The van der Waals surface area contributed by atoms with Crippen LogP contribution in [0.25, 0.3) is 0 Å². The molecule has 1 amide bonds. The maximum atomic E-state index is 12.3. The van der Waals surface area contributed by atoms with Gasteiger partial charge >= 0.3 is 0 Å². The minimum absolute atomic E-state index is 0.187. The van der Waals surface area contributed by atoms with E-state index in [1.165, 1.54) is 0 Å². The summed E-state index contributed by atoms with van der Waals surface area (Å²) < 4.78 is 0. The van der Waals surface area contributed by atoms with Gasteiger partial charge in [-0.05, 0) is 32.9 Å². The second kappa shape index (κ2) is 3.81. The van der Waals surface area contributed by atoms with Crippen molar-refractivity contribution < 1.29 is 4.79 Å². The predicted octanol–water partition coefficient (Wildman–Crippen LogP) is 2.49. The summed E-state index contributed by atoms with van der Waals surface area (Å²) in [7, 11) is 0. The van der Waals surface area contributed by atoms with Crippen LogP contribution in [0.1, 0.15) is 20.8 Å². The molecule has 0 bridgehead atoms. The number of carbonyl (C=O) groups excluding carboxylic acids is 1. The second-order valence-corrected chi connectivity index (χ2v) is 4.80. The topological polar surface area (TPSA) is 32.3 Å². The normalized spacial score (nSPS) is 18.7. The Labute approximate surface area is 96.5 Å². The van der Waals surface area contributed by atoms with Crippen molar-refractivity contribution in [1.82, 2.24) is 0 Å². The van der Waals surface area contributed by atoms with Gasteiger partial charge in [0.05, 0.1) is 16.8 Å². The molecule has 0 atom stereocenters. The lowest BCUT2D eigenvalue weighted by atomic mass is 9.92. The molecule has 0 aromatic heterocycles. The highest BCUT2D eigenvalue weighted by Crippen LogP contribution is 2.33. The van der Waals surface area contributed by atoms with Crippen LogP contribution >= 0.6 is 0 Å². The highest BCUT2D eigenvalue weighted by molar-refractivity contribution is 6.01. The molecule has 0 saturated heterocycles. The van der Waals surface area contributed by atoms with Crippen LogP contribution in [0.15, 0.2) is 24.3 Å². The molecule has 86 valence electrons. The molecule has 1 aromatic carbocycles. The molecule has 1 aliphatic rings. The number of carbonyl (C=O) groups is 1. The van der Waals surface area contributed by atoms with Gasteiger partial charge in [-0.15, -0.1) is 0 Å². The Bertz CT molecular complexity index is 412. The summed E-state index contributed by atoms with van der Waals surface area (Å²) in [6.07, 6.45) is 0. The van der Waals surface area contributed by atoms with E-state index in [1.807, 2.05) is 49.9 Å². The lowest BCUT2D eigenvalue weighted by Gasteiger charge is -2.27. The first-order valence-corrected chi connectivity index (χ1v) is 5.71. The van der Waals surface area contributed by atoms with Gasteiger partial charge in [-0.3, -0.25) is 4.79 Å². The fraction of sp³-hybridized carbons (Fsp3) is 0.462. The van der Waals surface area contributed by atoms with Gasteiger partial charge in [-0.2, -0.15) is 0 Å². The minimum atomic E-state index is -0.352. The van der Waals surface area contributed by atoms with Crippen LogP contribution in [0.5, 0.6) is 0 Å². The summed E-state index contributed by atoms with van der Waals surface area (Å²) >= 11 is 0. The summed E-state index contributed by atoms with van der Waals surface area (Å²) in [6, 6.07) is 7.97. The quantitative estimate of drug-likeness (QED) is 0.785. The Morgan fingerprint density at radius 2 is 2.06 bits per heavy atom. The maximum absolute atomic E-state index is 12.3. The lowest BCUT2D eigenvalue weighted by Crippen LogP contribution is -2.42. The molecule has 1 aliphatic heterocycles. The lowest BCUT2D eigenvalue weighted by molar-refractivity contribution is -0.125. The molecule has 0 saturated carbocycles. The molecule has 2 rings (SSSR count). The van der Waals surface area contributed by atoms with Gasteiger partial charge in [0.25, 0.3) is 0 Å². The third kappa shape index (κ3) is 1.66. The number of amides is 1. The molecule has 0 fully saturated rings. The van der Waals surface area contributed by atoms with Gasteiger partial charge in [0, 0.05) is 13.1 Å². The summed E-state index contributed by atoms with van der Waals surface area (Å²) in [5.74, 6) is 0.187. The monoisotopic (exact) mass is 218 g/mol. The molecule has 3 heteroatoms. The minimum Gasteiger partial charge on any atom is -0.382 e. The standard InChI is InChI=1S/C13H18N2O/c1-4-15-11-8-6-5-7-10(11)14-9-13(2,3)12(15)16/h5-8,14H,4,9H2,1-3H3.